The number of hydrogen-bond donors (Lipinski definition) is 2. The fraction of sp³-hybridized carbons (Fsp3) is 0.208. The van der Waals surface area contributed by atoms with Crippen LogP contribution >= 0.6 is 11.3 Å². The fourth-order valence-electron chi connectivity index (χ4n) is 4.14. The predicted molar refractivity (Wildman–Crippen MR) is 128 cm³/mol. The summed E-state index contributed by atoms with van der Waals surface area (Å²) in [6.07, 6.45) is 3.03. The first-order chi connectivity index (χ1) is 16.4. The van der Waals surface area contributed by atoms with Crippen LogP contribution in [-0.2, 0) is 24.4 Å². The summed E-state index contributed by atoms with van der Waals surface area (Å²) in [5, 5.41) is 10.3. The SMILES string of the molecule is C[C@H]1OCc2c1c(N)nc1ccc(C(=O)N(Cc3ccc(C#N)cn3)Cc3cnc(N)s3)cc21. The van der Waals surface area contributed by atoms with Crippen LogP contribution in [0.2, 0.25) is 0 Å². The predicted octanol–water partition coefficient (Wildman–Crippen LogP) is 3.56. The number of hydrogen-bond acceptors (Lipinski definition) is 9. The van der Waals surface area contributed by atoms with Crippen LogP contribution < -0.4 is 11.5 Å². The fourth-order valence-corrected chi connectivity index (χ4v) is 4.84. The summed E-state index contributed by atoms with van der Waals surface area (Å²) in [6, 6.07) is 10.9. The van der Waals surface area contributed by atoms with E-state index in [1.807, 2.05) is 19.1 Å². The highest BCUT2D eigenvalue weighted by Gasteiger charge is 2.26. The maximum Gasteiger partial charge on any atom is 0.254 e. The van der Waals surface area contributed by atoms with Gasteiger partial charge < -0.3 is 21.1 Å². The molecule has 1 aliphatic rings. The van der Waals surface area contributed by atoms with E-state index in [0.29, 0.717) is 40.9 Å². The zero-order valence-corrected chi connectivity index (χ0v) is 19.2. The molecule has 5 rings (SSSR count). The molecule has 0 radical (unpaired) electrons. The van der Waals surface area contributed by atoms with Gasteiger partial charge in [-0.3, -0.25) is 9.78 Å². The minimum Gasteiger partial charge on any atom is -0.383 e. The Morgan fingerprint density at radius 3 is 2.79 bits per heavy atom. The molecule has 0 unspecified atom stereocenters. The van der Waals surface area contributed by atoms with E-state index in [-0.39, 0.29) is 18.6 Å². The van der Waals surface area contributed by atoms with Gasteiger partial charge in [-0.15, -0.1) is 11.3 Å². The third-order valence-corrected chi connectivity index (χ3v) is 6.62. The molecule has 0 saturated heterocycles. The van der Waals surface area contributed by atoms with E-state index in [1.54, 1.807) is 29.3 Å². The van der Waals surface area contributed by atoms with Crippen molar-refractivity contribution in [2.45, 2.75) is 32.7 Å². The second-order valence-corrected chi connectivity index (χ2v) is 9.20. The van der Waals surface area contributed by atoms with E-state index in [9.17, 15) is 4.79 Å². The lowest BCUT2D eigenvalue weighted by molar-refractivity contribution is 0.0729. The highest BCUT2D eigenvalue weighted by atomic mass is 32.1. The van der Waals surface area contributed by atoms with Gasteiger partial charge in [0.25, 0.3) is 5.91 Å². The molecule has 3 aromatic heterocycles. The highest BCUT2D eigenvalue weighted by Crippen LogP contribution is 2.38. The van der Waals surface area contributed by atoms with E-state index in [4.69, 9.17) is 21.5 Å². The number of carbonyl (C=O) groups excluding carboxylic acids is 1. The Labute approximate surface area is 199 Å². The summed E-state index contributed by atoms with van der Waals surface area (Å²) in [5.41, 5.74) is 16.2. The van der Waals surface area contributed by atoms with Gasteiger partial charge in [0.15, 0.2) is 5.13 Å². The number of benzene rings is 1. The standard InChI is InChI=1S/C24H21N7O2S/c1-13-21-19(12-33-13)18-6-15(3-5-20(18)30-22(21)26)23(32)31(11-17-9-29-24(27)34-17)10-16-4-2-14(7-25)8-28-16/h2-6,8-9,13H,10-12H2,1H3,(H2,26,30)(H2,27,29)/t13-/m1/s1. The molecule has 9 nitrogen and oxygen atoms in total. The number of nitriles is 1. The maximum absolute atomic E-state index is 13.7. The lowest BCUT2D eigenvalue weighted by Gasteiger charge is -2.22. The Morgan fingerprint density at radius 2 is 2.09 bits per heavy atom. The molecule has 170 valence electrons. The average molecular weight is 472 g/mol. The summed E-state index contributed by atoms with van der Waals surface area (Å²) in [5.74, 6) is 0.292. The lowest BCUT2D eigenvalue weighted by atomic mass is 10.00. The van der Waals surface area contributed by atoms with Gasteiger partial charge >= 0.3 is 0 Å². The number of anilines is 2. The van der Waals surface area contributed by atoms with Gasteiger partial charge in [-0.05, 0) is 42.8 Å². The van der Waals surface area contributed by atoms with E-state index < -0.39 is 0 Å². The van der Waals surface area contributed by atoms with Crippen molar-refractivity contribution in [2.75, 3.05) is 11.5 Å². The molecule has 4 N–H and O–H groups in total. The molecule has 0 saturated carbocycles. The molecular formula is C24H21N7O2S. The average Bonchev–Trinajstić information content (AvgIpc) is 3.44. The molecule has 0 aliphatic carbocycles. The lowest BCUT2D eigenvalue weighted by Crippen LogP contribution is -2.30. The minimum absolute atomic E-state index is 0.137. The molecule has 1 aliphatic heterocycles. The molecule has 4 aromatic rings. The number of ether oxygens (including phenoxy) is 1. The largest absolute Gasteiger partial charge is 0.383 e. The van der Waals surface area contributed by atoms with Gasteiger partial charge in [0.1, 0.15) is 11.9 Å². The number of nitrogens with zero attached hydrogens (tertiary/aromatic N) is 5. The summed E-state index contributed by atoms with van der Waals surface area (Å²) in [7, 11) is 0. The van der Waals surface area contributed by atoms with Crippen LogP contribution in [0.5, 0.6) is 0 Å². The van der Waals surface area contributed by atoms with Crippen molar-refractivity contribution in [1.29, 1.82) is 5.26 Å². The summed E-state index contributed by atoms with van der Waals surface area (Å²) >= 11 is 1.33. The number of nitrogen functional groups attached to an aromatic ring is 2. The van der Waals surface area contributed by atoms with Crippen molar-refractivity contribution in [1.82, 2.24) is 19.9 Å². The van der Waals surface area contributed by atoms with Crippen LogP contribution in [0, 0.1) is 11.3 Å². The second kappa shape index (κ2) is 8.70. The smallest absolute Gasteiger partial charge is 0.254 e. The number of carbonyl (C=O) groups is 1. The van der Waals surface area contributed by atoms with Crippen molar-refractivity contribution in [3.05, 3.63) is 75.6 Å². The number of fused-ring (bicyclic) bond motifs is 3. The van der Waals surface area contributed by atoms with Crippen LogP contribution in [0.1, 0.15) is 50.6 Å². The molecule has 4 heterocycles. The highest BCUT2D eigenvalue weighted by molar-refractivity contribution is 7.15. The number of pyridine rings is 2. The van der Waals surface area contributed by atoms with Crippen LogP contribution in [0.3, 0.4) is 0 Å². The van der Waals surface area contributed by atoms with Crippen molar-refractivity contribution >= 4 is 39.1 Å². The number of aromatic nitrogens is 3. The van der Waals surface area contributed by atoms with Crippen molar-refractivity contribution in [3.63, 3.8) is 0 Å². The number of amides is 1. The molecule has 0 spiro atoms. The molecule has 0 fully saturated rings. The second-order valence-electron chi connectivity index (χ2n) is 8.05. The number of thiazole rings is 1. The molecule has 1 amide bonds. The third-order valence-electron chi connectivity index (χ3n) is 5.81. The topological polar surface area (TPSA) is 144 Å². The normalized spacial score (nSPS) is 14.6. The molecular weight excluding hydrogens is 450 g/mol. The van der Waals surface area contributed by atoms with Crippen LogP contribution in [0.15, 0.2) is 42.7 Å². The maximum atomic E-state index is 13.7. The Hall–Kier alpha value is -4.07. The first kappa shape index (κ1) is 21.8. The van der Waals surface area contributed by atoms with Crippen LogP contribution in [0.25, 0.3) is 10.9 Å². The quantitative estimate of drug-likeness (QED) is 0.449. The first-order valence-electron chi connectivity index (χ1n) is 10.6. The third kappa shape index (κ3) is 4.03. The Kier molecular flexibility index (Phi) is 5.57. The van der Waals surface area contributed by atoms with Crippen LogP contribution in [0.4, 0.5) is 10.9 Å². The number of rotatable bonds is 5. The summed E-state index contributed by atoms with van der Waals surface area (Å²) in [4.78, 5) is 29.2. The Balaban J connectivity index is 1.51. The van der Waals surface area contributed by atoms with Crippen molar-refractivity contribution in [3.8, 4) is 6.07 Å². The summed E-state index contributed by atoms with van der Waals surface area (Å²) in [6.45, 7) is 2.96. The van der Waals surface area contributed by atoms with Gasteiger partial charge in [0.2, 0.25) is 0 Å². The first-order valence-corrected chi connectivity index (χ1v) is 11.4. The molecule has 1 atom stereocenters. The van der Waals surface area contributed by atoms with Gasteiger partial charge in [-0.25, -0.2) is 9.97 Å². The number of nitrogens with two attached hydrogens (primary N) is 2. The van der Waals surface area contributed by atoms with Gasteiger partial charge in [-0.2, -0.15) is 5.26 Å². The van der Waals surface area contributed by atoms with Crippen LogP contribution in [-0.4, -0.2) is 25.8 Å². The molecule has 0 bridgehead atoms. The van der Waals surface area contributed by atoms with E-state index in [2.05, 4.69) is 21.0 Å². The van der Waals surface area contributed by atoms with Crippen molar-refractivity contribution < 1.29 is 9.53 Å². The molecule has 1 aromatic carbocycles. The van der Waals surface area contributed by atoms with Gasteiger partial charge in [0, 0.05) is 33.8 Å². The Bertz CT molecular complexity index is 1440. The Morgan fingerprint density at radius 1 is 1.24 bits per heavy atom. The minimum atomic E-state index is -0.169. The molecule has 34 heavy (non-hydrogen) atoms. The van der Waals surface area contributed by atoms with Gasteiger partial charge in [0.05, 0.1) is 42.6 Å². The van der Waals surface area contributed by atoms with Gasteiger partial charge in [-0.1, -0.05) is 0 Å². The zero-order chi connectivity index (χ0) is 23.8. The zero-order valence-electron chi connectivity index (χ0n) is 18.4. The summed E-state index contributed by atoms with van der Waals surface area (Å²) < 4.78 is 5.78. The molecule has 10 heteroatoms. The van der Waals surface area contributed by atoms with E-state index in [0.717, 1.165) is 26.9 Å². The van der Waals surface area contributed by atoms with Crippen molar-refractivity contribution in [2.24, 2.45) is 0 Å². The monoisotopic (exact) mass is 471 g/mol. The van der Waals surface area contributed by atoms with E-state index in [1.165, 1.54) is 17.5 Å². The van der Waals surface area contributed by atoms with E-state index >= 15 is 0 Å².